The molecule has 1 unspecified atom stereocenters. The third kappa shape index (κ3) is 2.27. The van der Waals surface area contributed by atoms with Gasteiger partial charge in [0.1, 0.15) is 5.69 Å². The molecule has 3 atom stereocenters. The highest BCUT2D eigenvalue weighted by Gasteiger charge is 2.55. The van der Waals surface area contributed by atoms with E-state index in [0.717, 1.165) is 35.4 Å². The van der Waals surface area contributed by atoms with Crippen molar-refractivity contribution in [2.45, 2.75) is 0 Å². The van der Waals surface area contributed by atoms with Crippen LogP contribution in [0.5, 0.6) is 0 Å². The molecule has 4 rings (SSSR count). The second kappa shape index (κ2) is 5.21. The zero-order chi connectivity index (χ0) is 15.3. The van der Waals surface area contributed by atoms with Crippen molar-refractivity contribution in [3.05, 3.63) is 40.5 Å². The van der Waals surface area contributed by atoms with E-state index in [2.05, 4.69) is 26.1 Å². The summed E-state index contributed by atoms with van der Waals surface area (Å²) in [5.74, 6) is 1.90. The van der Waals surface area contributed by atoms with Gasteiger partial charge in [-0.25, -0.2) is 0 Å². The Labute approximate surface area is 137 Å². The lowest BCUT2D eigenvalue weighted by molar-refractivity contribution is 0.0762. The number of aromatic nitrogens is 2. The van der Waals surface area contributed by atoms with E-state index < -0.39 is 0 Å². The summed E-state index contributed by atoms with van der Waals surface area (Å²) in [5, 5.41) is 7.13. The van der Waals surface area contributed by atoms with Crippen LogP contribution in [0, 0.1) is 17.8 Å². The topological polar surface area (TPSA) is 75.0 Å². The molecule has 1 aliphatic carbocycles. The van der Waals surface area contributed by atoms with Gasteiger partial charge in [-0.1, -0.05) is 28.1 Å². The van der Waals surface area contributed by atoms with Crippen LogP contribution in [0.15, 0.2) is 34.8 Å². The number of nitrogens with zero attached hydrogens (tertiary/aromatic N) is 2. The summed E-state index contributed by atoms with van der Waals surface area (Å²) in [7, 11) is 0. The fraction of sp³-hybridized carbons (Fsp3) is 0.375. The zero-order valence-corrected chi connectivity index (χ0v) is 13.6. The molecule has 0 spiro atoms. The van der Waals surface area contributed by atoms with E-state index in [0.29, 0.717) is 23.4 Å². The average Bonchev–Trinajstić information content (AvgIpc) is 2.93. The first-order chi connectivity index (χ1) is 10.7. The number of nitrogens with two attached hydrogens (primary N) is 1. The maximum absolute atomic E-state index is 12.5. The quantitative estimate of drug-likeness (QED) is 0.880. The number of carbonyl (C=O) groups excluding carboxylic acids is 1. The van der Waals surface area contributed by atoms with Crippen molar-refractivity contribution < 1.29 is 4.79 Å². The number of H-pyrrole nitrogens is 1. The van der Waals surface area contributed by atoms with E-state index in [1.807, 2.05) is 35.2 Å². The molecule has 1 amide bonds. The highest BCUT2D eigenvalue weighted by Crippen LogP contribution is 2.51. The molecule has 2 heterocycles. The molecular weight excluding hydrogens is 344 g/mol. The van der Waals surface area contributed by atoms with Crippen LogP contribution in [0.2, 0.25) is 0 Å². The Bertz CT molecular complexity index is 699. The van der Waals surface area contributed by atoms with Crippen molar-refractivity contribution in [1.82, 2.24) is 15.1 Å². The molecule has 0 bridgehead atoms. The molecule has 2 aromatic rings. The van der Waals surface area contributed by atoms with Gasteiger partial charge in [0.15, 0.2) is 0 Å². The molecular formula is C16H17BrN4O. The highest BCUT2D eigenvalue weighted by atomic mass is 79.9. The molecule has 1 aliphatic heterocycles. The van der Waals surface area contributed by atoms with Gasteiger partial charge in [0.05, 0.1) is 5.69 Å². The molecule has 114 valence electrons. The maximum atomic E-state index is 12.5. The Kier molecular flexibility index (Phi) is 3.31. The number of carbonyl (C=O) groups is 1. The van der Waals surface area contributed by atoms with Gasteiger partial charge in [0, 0.05) is 23.1 Å². The van der Waals surface area contributed by atoms with Gasteiger partial charge in [0.25, 0.3) is 5.91 Å². The molecule has 1 aromatic carbocycles. The zero-order valence-electron chi connectivity index (χ0n) is 12.0. The normalized spacial score (nSPS) is 26.1. The summed E-state index contributed by atoms with van der Waals surface area (Å²) in [6.07, 6.45) is 0. The van der Waals surface area contributed by atoms with Gasteiger partial charge in [-0.05, 0) is 42.5 Å². The molecule has 2 aliphatic rings. The number of hydrogen-bond acceptors (Lipinski definition) is 3. The van der Waals surface area contributed by atoms with Crippen molar-refractivity contribution in [3.63, 3.8) is 0 Å². The van der Waals surface area contributed by atoms with Crippen LogP contribution in [0.3, 0.4) is 0 Å². The van der Waals surface area contributed by atoms with Crippen molar-refractivity contribution in [3.8, 4) is 11.3 Å². The molecule has 2 fully saturated rings. The van der Waals surface area contributed by atoms with E-state index in [-0.39, 0.29) is 5.91 Å². The van der Waals surface area contributed by atoms with E-state index in [1.54, 1.807) is 0 Å². The molecule has 1 saturated heterocycles. The molecule has 5 nitrogen and oxygen atoms in total. The minimum absolute atomic E-state index is 0.0406. The fourth-order valence-corrected chi connectivity index (χ4v) is 3.80. The van der Waals surface area contributed by atoms with Crippen molar-refractivity contribution >= 4 is 21.8 Å². The number of nitrogens with one attached hydrogen (secondary N) is 1. The van der Waals surface area contributed by atoms with Crippen molar-refractivity contribution in [2.24, 2.45) is 23.5 Å². The summed E-state index contributed by atoms with van der Waals surface area (Å²) < 4.78 is 1.02. The second-order valence-corrected chi connectivity index (χ2v) is 7.03. The maximum Gasteiger partial charge on any atom is 0.271 e. The lowest BCUT2D eigenvalue weighted by Crippen LogP contribution is -2.32. The first-order valence-corrected chi connectivity index (χ1v) is 8.27. The Morgan fingerprint density at radius 2 is 2.00 bits per heavy atom. The average molecular weight is 361 g/mol. The van der Waals surface area contributed by atoms with Gasteiger partial charge >= 0.3 is 0 Å². The molecule has 22 heavy (non-hydrogen) atoms. The Morgan fingerprint density at radius 1 is 1.32 bits per heavy atom. The van der Waals surface area contributed by atoms with E-state index in [9.17, 15) is 4.79 Å². The largest absolute Gasteiger partial charge is 0.337 e. The van der Waals surface area contributed by atoms with Crippen molar-refractivity contribution in [2.75, 3.05) is 19.6 Å². The van der Waals surface area contributed by atoms with Crippen molar-refractivity contribution in [1.29, 1.82) is 0 Å². The van der Waals surface area contributed by atoms with Gasteiger partial charge < -0.3 is 10.6 Å². The Balaban J connectivity index is 1.48. The second-order valence-electron chi connectivity index (χ2n) is 6.11. The summed E-state index contributed by atoms with van der Waals surface area (Å²) in [6, 6.07) is 9.71. The number of fused-ring (bicyclic) bond motifs is 1. The van der Waals surface area contributed by atoms with Gasteiger partial charge in [-0.2, -0.15) is 5.10 Å². The van der Waals surface area contributed by atoms with Crippen LogP contribution in [-0.4, -0.2) is 40.6 Å². The molecule has 1 saturated carbocycles. The number of benzene rings is 1. The summed E-state index contributed by atoms with van der Waals surface area (Å²) in [4.78, 5) is 14.4. The summed E-state index contributed by atoms with van der Waals surface area (Å²) in [5.41, 5.74) is 8.05. The highest BCUT2D eigenvalue weighted by molar-refractivity contribution is 9.10. The molecule has 3 N–H and O–H groups in total. The van der Waals surface area contributed by atoms with Crippen LogP contribution in [-0.2, 0) is 0 Å². The predicted molar refractivity (Wildman–Crippen MR) is 87.2 cm³/mol. The lowest BCUT2D eigenvalue weighted by Gasteiger charge is -2.18. The SMILES string of the molecule is NCC1[C@H]2CN(C(=O)c3cc(-c4ccc(Br)cc4)n[nH]3)C[C@@H]12. The number of halogens is 1. The number of hydrogen-bond donors (Lipinski definition) is 2. The Morgan fingerprint density at radius 3 is 2.64 bits per heavy atom. The fourth-order valence-electron chi connectivity index (χ4n) is 3.54. The predicted octanol–water partition coefficient (Wildman–Crippen LogP) is 2.12. The lowest BCUT2D eigenvalue weighted by atomic mass is 10.1. The monoisotopic (exact) mass is 360 g/mol. The molecule has 0 radical (unpaired) electrons. The standard InChI is InChI=1S/C16H17BrN4O/c17-10-3-1-9(2-4-10)14-5-15(20-19-14)16(22)21-7-12-11(6-18)13(12)8-21/h1-5,11-13H,6-8,18H2,(H,19,20)/t11?,12-,13+. The van der Waals surface area contributed by atoms with Gasteiger partial charge in [-0.15, -0.1) is 0 Å². The minimum Gasteiger partial charge on any atom is -0.337 e. The third-order valence-electron chi connectivity index (χ3n) is 4.88. The van der Waals surface area contributed by atoms with Crippen LogP contribution in [0.1, 0.15) is 10.5 Å². The number of piperidine rings is 1. The smallest absolute Gasteiger partial charge is 0.271 e. The Hall–Kier alpha value is -1.66. The van der Waals surface area contributed by atoms with E-state index >= 15 is 0 Å². The van der Waals surface area contributed by atoms with Crippen LogP contribution >= 0.6 is 15.9 Å². The van der Waals surface area contributed by atoms with Crippen LogP contribution in [0.25, 0.3) is 11.3 Å². The molecule has 1 aromatic heterocycles. The summed E-state index contributed by atoms with van der Waals surface area (Å²) >= 11 is 3.41. The summed E-state index contributed by atoms with van der Waals surface area (Å²) in [6.45, 7) is 2.41. The first-order valence-electron chi connectivity index (χ1n) is 7.48. The number of likely N-dealkylation sites (tertiary alicyclic amines) is 1. The molecule has 6 heteroatoms. The van der Waals surface area contributed by atoms with E-state index in [4.69, 9.17) is 5.73 Å². The third-order valence-corrected chi connectivity index (χ3v) is 5.41. The van der Waals surface area contributed by atoms with Crippen LogP contribution in [0.4, 0.5) is 0 Å². The van der Waals surface area contributed by atoms with Gasteiger partial charge in [-0.3, -0.25) is 9.89 Å². The minimum atomic E-state index is 0.0406. The number of rotatable bonds is 3. The first kappa shape index (κ1) is 14.0. The number of amides is 1. The van der Waals surface area contributed by atoms with E-state index in [1.165, 1.54) is 0 Å². The number of aromatic amines is 1. The van der Waals surface area contributed by atoms with Crippen LogP contribution < -0.4 is 5.73 Å². The van der Waals surface area contributed by atoms with Gasteiger partial charge in [0.2, 0.25) is 0 Å².